The van der Waals surface area contributed by atoms with Gasteiger partial charge in [-0.25, -0.2) is 0 Å². The number of nitrogens with one attached hydrogen (secondary N) is 1. The van der Waals surface area contributed by atoms with Gasteiger partial charge in [0, 0.05) is 6.04 Å². The first-order valence-corrected chi connectivity index (χ1v) is 7.94. The fourth-order valence-electron chi connectivity index (χ4n) is 2.94. The number of amides is 1. The van der Waals surface area contributed by atoms with E-state index in [9.17, 15) is 4.79 Å². The summed E-state index contributed by atoms with van der Waals surface area (Å²) < 4.78 is 0. The van der Waals surface area contributed by atoms with Crippen molar-refractivity contribution in [3.8, 4) is 0 Å². The summed E-state index contributed by atoms with van der Waals surface area (Å²) in [7, 11) is 0. The molecule has 0 saturated heterocycles. The first kappa shape index (κ1) is 16.4. The third-order valence-electron chi connectivity index (χ3n) is 4.17. The van der Waals surface area contributed by atoms with Gasteiger partial charge in [0.05, 0.1) is 10.4 Å². The zero-order chi connectivity index (χ0) is 14.5. The van der Waals surface area contributed by atoms with E-state index in [0.717, 1.165) is 19.3 Å². The normalized spacial score (nSPS) is 27.4. The van der Waals surface area contributed by atoms with E-state index < -0.39 is 5.41 Å². The molecule has 0 aromatic rings. The Morgan fingerprint density at radius 1 is 1.42 bits per heavy atom. The molecule has 0 heterocycles. The van der Waals surface area contributed by atoms with Crippen LogP contribution in [0.4, 0.5) is 0 Å². The fourth-order valence-corrected chi connectivity index (χ4v) is 3.20. The highest BCUT2D eigenvalue weighted by Gasteiger charge is 2.50. The van der Waals surface area contributed by atoms with E-state index in [2.05, 4.69) is 26.1 Å². The number of carbonyl (C=O) groups excluding carboxylic acids is 1. The molecule has 1 aliphatic rings. The summed E-state index contributed by atoms with van der Waals surface area (Å²) in [6.07, 6.45) is 7.57. The lowest BCUT2D eigenvalue weighted by atomic mass is 9.62. The van der Waals surface area contributed by atoms with Crippen molar-refractivity contribution in [2.45, 2.75) is 71.8 Å². The molecule has 1 atom stereocenters. The van der Waals surface area contributed by atoms with Gasteiger partial charge in [0.2, 0.25) is 5.91 Å². The van der Waals surface area contributed by atoms with Gasteiger partial charge in [0.25, 0.3) is 0 Å². The van der Waals surface area contributed by atoms with E-state index in [1.807, 2.05) is 0 Å². The van der Waals surface area contributed by atoms with Gasteiger partial charge in [-0.2, -0.15) is 0 Å². The Kier molecular flexibility index (Phi) is 6.24. The first-order chi connectivity index (χ1) is 8.92. The summed E-state index contributed by atoms with van der Waals surface area (Å²) in [6, 6.07) is 0.214. The maximum atomic E-state index is 12.4. The summed E-state index contributed by atoms with van der Waals surface area (Å²) >= 11 is 5.10. The number of hydrogen-bond donors (Lipinski definition) is 2. The summed E-state index contributed by atoms with van der Waals surface area (Å²) in [5.74, 6) is 0.591. The van der Waals surface area contributed by atoms with Gasteiger partial charge in [-0.05, 0) is 32.1 Å². The van der Waals surface area contributed by atoms with Crippen LogP contribution >= 0.6 is 12.2 Å². The Labute approximate surface area is 122 Å². The van der Waals surface area contributed by atoms with Crippen molar-refractivity contribution < 1.29 is 4.79 Å². The third kappa shape index (κ3) is 4.16. The topological polar surface area (TPSA) is 55.1 Å². The van der Waals surface area contributed by atoms with Crippen molar-refractivity contribution in [2.24, 2.45) is 17.1 Å². The molecule has 1 saturated carbocycles. The summed E-state index contributed by atoms with van der Waals surface area (Å²) in [5, 5.41) is 3.10. The molecule has 0 aromatic heterocycles. The minimum Gasteiger partial charge on any atom is -0.392 e. The number of unbranched alkanes of at least 4 members (excludes halogenated alkanes) is 3. The zero-order valence-corrected chi connectivity index (χ0v) is 13.3. The lowest BCUT2D eigenvalue weighted by Gasteiger charge is -2.44. The van der Waals surface area contributed by atoms with Crippen LogP contribution in [-0.4, -0.2) is 16.9 Å². The highest BCUT2D eigenvalue weighted by molar-refractivity contribution is 7.80. The smallest absolute Gasteiger partial charge is 0.233 e. The quantitative estimate of drug-likeness (QED) is 0.532. The Balaban J connectivity index is 2.38. The Morgan fingerprint density at radius 3 is 2.53 bits per heavy atom. The van der Waals surface area contributed by atoms with Gasteiger partial charge >= 0.3 is 0 Å². The molecule has 0 spiro atoms. The molecule has 1 fully saturated rings. The van der Waals surface area contributed by atoms with Crippen LogP contribution in [0.25, 0.3) is 0 Å². The molecule has 0 bridgehead atoms. The Morgan fingerprint density at radius 2 is 2.05 bits per heavy atom. The molecule has 4 heteroatoms. The van der Waals surface area contributed by atoms with Crippen LogP contribution < -0.4 is 11.1 Å². The molecule has 0 aliphatic heterocycles. The lowest BCUT2D eigenvalue weighted by molar-refractivity contribution is -0.133. The van der Waals surface area contributed by atoms with Crippen molar-refractivity contribution in [2.75, 3.05) is 0 Å². The zero-order valence-electron chi connectivity index (χ0n) is 12.5. The molecule has 1 amide bonds. The van der Waals surface area contributed by atoms with E-state index >= 15 is 0 Å². The number of rotatable bonds is 8. The molecule has 3 N–H and O–H groups in total. The standard InChI is InChI=1S/C15H28N2OS/c1-4-5-6-7-8-12(3)17-14(18)15(13(16)19)9-11(2)10-15/h11-12H,4-10H2,1-3H3,(H2,16,19)(H,17,18). The summed E-state index contributed by atoms with van der Waals surface area (Å²) in [6.45, 7) is 6.41. The highest BCUT2D eigenvalue weighted by Crippen LogP contribution is 2.46. The minimum absolute atomic E-state index is 0.0427. The molecule has 0 aromatic carbocycles. The van der Waals surface area contributed by atoms with Crippen LogP contribution in [0.2, 0.25) is 0 Å². The van der Waals surface area contributed by atoms with Crippen molar-refractivity contribution >= 4 is 23.1 Å². The highest BCUT2D eigenvalue weighted by atomic mass is 32.1. The predicted molar refractivity (Wildman–Crippen MR) is 84.0 cm³/mol. The lowest BCUT2D eigenvalue weighted by Crippen LogP contribution is -2.57. The van der Waals surface area contributed by atoms with E-state index in [1.165, 1.54) is 25.7 Å². The Bertz CT molecular complexity index is 324. The molecular weight excluding hydrogens is 256 g/mol. The van der Waals surface area contributed by atoms with E-state index in [0.29, 0.717) is 10.9 Å². The van der Waals surface area contributed by atoms with Gasteiger partial charge in [-0.1, -0.05) is 51.7 Å². The predicted octanol–water partition coefficient (Wildman–Crippen LogP) is 3.16. The molecule has 0 radical (unpaired) electrons. The average molecular weight is 284 g/mol. The minimum atomic E-state index is -0.563. The van der Waals surface area contributed by atoms with Crippen LogP contribution in [0, 0.1) is 11.3 Å². The van der Waals surface area contributed by atoms with Crippen molar-refractivity contribution in [3.63, 3.8) is 0 Å². The van der Waals surface area contributed by atoms with E-state index in [1.54, 1.807) is 0 Å². The van der Waals surface area contributed by atoms with Crippen LogP contribution in [0.1, 0.15) is 65.7 Å². The van der Waals surface area contributed by atoms with Crippen LogP contribution in [0.3, 0.4) is 0 Å². The van der Waals surface area contributed by atoms with Crippen molar-refractivity contribution in [1.29, 1.82) is 0 Å². The summed E-state index contributed by atoms with van der Waals surface area (Å²) in [4.78, 5) is 12.7. The van der Waals surface area contributed by atoms with Crippen molar-refractivity contribution in [3.05, 3.63) is 0 Å². The molecular formula is C15H28N2OS. The largest absolute Gasteiger partial charge is 0.392 e. The monoisotopic (exact) mass is 284 g/mol. The van der Waals surface area contributed by atoms with Gasteiger partial charge in [-0.15, -0.1) is 0 Å². The number of carbonyl (C=O) groups is 1. The summed E-state index contributed by atoms with van der Waals surface area (Å²) in [5.41, 5.74) is 5.22. The SMILES string of the molecule is CCCCCCC(C)NC(=O)C1(C(N)=S)CC(C)C1. The second-order valence-corrected chi connectivity index (χ2v) is 6.62. The molecule has 1 aliphatic carbocycles. The number of hydrogen-bond acceptors (Lipinski definition) is 2. The fraction of sp³-hybridized carbons (Fsp3) is 0.867. The van der Waals surface area contributed by atoms with Crippen LogP contribution in [0.15, 0.2) is 0 Å². The first-order valence-electron chi connectivity index (χ1n) is 7.53. The number of nitrogens with two attached hydrogens (primary N) is 1. The van der Waals surface area contributed by atoms with E-state index in [4.69, 9.17) is 18.0 Å². The second-order valence-electron chi connectivity index (χ2n) is 6.18. The molecule has 3 nitrogen and oxygen atoms in total. The van der Waals surface area contributed by atoms with Crippen molar-refractivity contribution in [1.82, 2.24) is 5.32 Å². The van der Waals surface area contributed by atoms with Gasteiger partial charge in [-0.3, -0.25) is 4.79 Å². The van der Waals surface area contributed by atoms with Gasteiger partial charge < -0.3 is 11.1 Å². The van der Waals surface area contributed by atoms with Crippen LogP contribution in [0.5, 0.6) is 0 Å². The third-order valence-corrected chi connectivity index (χ3v) is 4.56. The Hall–Kier alpha value is -0.640. The average Bonchev–Trinajstić information content (AvgIpc) is 2.29. The molecule has 19 heavy (non-hydrogen) atoms. The molecule has 1 rings (SSSR count). The van der Waals surface area contributed by atoms with Crippen LogP contribution in [-0.2, 0) is 4.79 Å². The molecule has 110 valence electrons. The second kappa shape index (κ2) is 7.22. The maximum Gasteiger partial charge on any atom is 0.233 e. The maximum absolute atomic E-state index is 12.4. The number of thiocarbonyl (C=S) groups is 1. The van der Waals surface area contributed by atoms with E-state index in [-0.39, 0.29) is 11.9 Å². The van der Waals surface area contributed by atoms with Gasteiger partial charge in [0.15, 0.2) is 0 Å². The van der Waals surface area contributed by atoms with Gasteiger partial charge in [0.1, 0.15) is 0 Å². The molecule has 1 unspecified atom stereocenters.